The molecule has 1 aromatic rings. The van der Waals surface area contributed by atoms with Crippen LogP contribution in [0.4, 0.5) is 0 Å². The zero-order valence-electron chi connectivity index (χ0n) is 10.7. The van der Waals surface area contributed by atoms with Crippen LogP contribution in [0.3, 0.4) is 0 Å². The Bertz CT molecular complexity index is 459. The number of halogens is 1. The van der Waals surface area contributed by atoms with Crippen molar-refractivity contribution < 1.29 is 9.90 Å². The summed E-state index contributed by atoms with van der Waals surface area (Å²) in [5.74, 6) is -0.107. The van der Waals surface area contributed by atoms with Gasteiger partial charge in [0.2, 0.25) is 0 Å². The monoisotopic (exact) mass is 267 g/mol. The molecule has 1 unspecified atom stereocenters. The highest BCUT2D eigenvalue weighted by Gasteiger charge is 2.37. The van der Waals surface area contributed by atoms with Gasteiger partial charge < -0.3 is 10.0 Å². The topological polar surface area (TPSA) is 40.5 Å². The summed E-state index contributed by atoms with van der Waals surface area (Å²) in [6.45, 7) is 4.41. The van der Waals surface area contributed by atoms with Crippen molar-refractivity contribution in [3.05, 3.63) is 34.9 Å². The van der Waals surface area contributed by atoms with Gasteiger partial charge in [-0.2, -0.15) is 0 Å². The first-order valence-electron chi connectivity index (χ1n) is 6.16. The molecule has 1 fully saturated rings. The van der Waals surface area contributed by atoms with Gasteiger partial charge in [0.05, 0.1) is 16.7 Å². The smallest absolute Gasteiger partial charge is 0.255 e. The first-order valence-corrected chi connectivity index (χ1v) is 6.54. The molecule has 1 aliphatic rings. The maximum Gasteiger partial charge on any atom is 0.255 e. The van der Waals surface area contributed by atoms with E-state index in [1.54, 1.807) is 29.2 Å². The molecule has 0 radical (unpaired) electrons. The molecule has 1 N–H and O–H groups in total. The van der Waals surface area contributed by atoms with Crippen molar-refractivity contribution in [2.75, 3.05) is 6.54 Å². The fourth-order valence-corrected chi connectivity index (χ4v) is 2.56. The van der Waals surface area contributed by atoms with Crippen LogP contribution in [0, 0.1) is 0 Å². The van der Waals surface area contributed by atoms with Gasteiger partial charge in [-0.05, 0) is 38.8 Å². The summed E-state index contributed by atoms with van der Waals surface area (Å²) in [6.07, 6.45) is 1.09. The number of benzene rings is 1. The minimum Gasteiger partial charge on any atom is -0.391 e. The number of carbonyl (C=O) groups is 1. The number of likely N-dealkylation sites (tertiary alicyclic amines) is 1. The quantitative estimate of drug-likeness (QED) is 0.850. The fourth-order valence-electron chi connectivity index (χ4n) is 2.34. The van der Waals surface area contributed by atoms with Crippen molar-refractivity contribution in [3.63, 3.8) is 0 Å². The van der Waals surface area contributed by atoms with Crippen LogP contribution >= 0.6 is 11.6 Å². The predicted octanol–water partition coefficient (Wildman–Crippen LogP) is 2.72. The molecule has 1 heterocycles. The third-order valence-electron chi connectivity index (χ3n) is 3.56. The van der Waals surface area contributed by atoms with Crippen molar-refractivity contribution in [2.45, 2.75) is 38.3 Å². The van der Waals surface area contributed by atoms with Gasteiger partial charge in [-0.1, -0.05) is 23.7 Å². The maximum atomic E-state index is 12.5. The SMILES string of the molecule is CC1(C)CCC(O)CN1C(=O)c1ccccc1Cl. The number of hydrogen-bond acceptors (Lipinski definition) is 2. The van der Waals surface area contributed by atoms with E-state index in [1.807, 2.05) is 13.8 Å². The standard InChI is InChI=1S/C14H18ClNO2/c1-14(2)8-7-10(17)9-16(14)13(18)11-5-3-4-6-12(11)15/h3-6,10,17H,7-9H2,1-2H3. The molecule has 0 aliphatic carbocycles. The molecule has 3 nitrogen and oxygen atoms in total. The van der Waals surface area contributed by atoms with Crippen LogP contribution < -0.4 is 0 Å². The molecule has 4 heteroatoms. The van der Waals surface area contributed by atoms with Crippen LogP contribution in [0.25, 0.3) is 0 Å². The molecule has 1 amide bonds. The van der Waals surface area contributed by atoms with E-state index in [2.05, 4.69) is 0 Å². The Hall–Kier alpha value is -1.06. The van der Waals surface area contributed by atoms with Crippen LogP contribution in [-0.2, 0) is 0 Å². The molecule has 0 aromatic heterocycles. The summed E-state index contributed by atoms with van der Waals surface area (Å²) in [5.41, 5.74) is 0.261. The molecule has 0 saturated carbocycles. The number of amides is 1. The second kappa shape index (κ2) is 4.90. The summed E-state index contributed by atoms with van der Waals surface area (Å²) in [5, 5.41) is 10.2. The Balaban J connectivity index is 2.30. The Labute approximate surface area is 112 Å². The molecule has 1 aliphatic heterocycles. The zero-order chi connectivity index (χ0) is 13.3. The highest BCUT2D eigenvalue weighted by Crippen LogP contribution is 2.30. The van der Waals surface area contributed by atoms with Gasteiger partial charge in [0.1, 0.15) is 0 Å². The van der Waals surface area contributed by atoms with Crippen molar-refractivity contribution >= 4 is 17.5 Å². The van der Waals surface area contributed by atoms with E-state index in [0.717, 1.165) is 12.8 Å². The van der Waals surface area contributed by atoms with Crippen LogP contribution in [0.1, 0.15) is 37.0 Å². The van der Waals surface area contributed by atoms with Gasteiger partial charge in [0.15, 0.2) is 0 Å². The average Bonchev–Trinajstić information content (AvgIpc) is 2.32. The van der Waals surface area contributed by atoms with Crippen molar-refractivity contribution in [2.24, 2.45) is 0 Å². The number of β-amino-alcohol motifs (C(OH)–C–C–N with tert-alkyl or cyclic N) is 1. The van der Waals surface area contributed by atoms with E-state index in [9.17, 15) is 9.90 Å². The third kappa shape index (κ3) is 2.52. The van der Waals surface area contributed by atoms with Crippen LogP contribution in [0.5, 0.6) is 0 Å². The molecule has 1 atom stereocenters. The molecule has 98 valence electrons. The van der Waals surface area contributed by atoms with Gasteiger partial charge in [0.25, 0.3) is 5.91 Å². The Morgan fingerprint density at radius 1 is 1.44 bits per heavy atom. The van der Waals surface area contributed by atoms with Gasteiger partial charge >= 0.3 is 0 Å². The molecule has 18 heavy (non-hydrogen) atoms. The lowest BCUT2D eigenvalue weighted by atomic mass is 9.88. The minimum atomic E-state index is -0.440. The van der Waals surface area contributed by atoms with Gasteiger partial charge in [0, 0.05) is 12.1 Å². The average molecular weight is 268 g/mol. The number of hydrogen-bond donors (Lipinski definition) is 1. The number of rotatable bonds is 1. The second-order valence-corrected chi connectivity index (χ2v) is 5.81. The Morgan fingerprint density at radius 2 is 2.11 bits per heavy atom. The zero-order valence-corrected chi connectivity index (χ0v) is 11.4. The lowest BCUT2D eigenvalue weighted by Gasteiger charge is -2.44. The molecular formula is C14H18ClNO2. The normalized spacial score (nSPS) is 22.9. The summed E-state index contributed by atoms with van der Waals surface area (Å²) in [4.78, 5) is 14.2. The molecule has 0 spiro atoms. The first kappa shape index (κ1) is 13.4. The van der Waals surface area contributed by atoms with Gasteiger partial charge in [-0.25, -0.2) is 0 Å². The summed E-state index contributed by atoms with van der Waals surface area (Å²) < 4.78 is 0. The molecule has 2 rings (SSSR count). The number of piperidine rings is 1. The van der Waals surface area contributed by atoms with Gasteiger partial charge in [-0.15, -0.1) is 0 Å². The van der Waals surface area contributed by atoms with Crippen LogP contribution in [0.2, 0.25) is 5.02 Å². The second-order valence-electron chi connectivity index (χ2n) is 5.40. The lowest BCUT2D eigenvalue weighted by Crippen LogP contribution is -2.54. The van der Waals surface area contributed by atoms with E-state index < -0.39 is 6.10 Å². The Kier molecular flexibility index (Phi) is 3.64. The number of nitrogens with zero attached hydrogens (tertiary/aromatic N) is 1. The van der Waals surface area contributed by atoms with Crippen molar-refractivity contribution in [1.82, 2.24) is 4.90 Å². The highest BCUT2D eigenvalue weighted by molar-refractivity contribution is 6.33. The molecule has 1 saturated heterocycles. The van der Waals surface area contributed by atoms with Crippen molar-refractivity contribution in [1.29, 1.82) is 0 Å². The van der Waals surface area contributed by atoms with E-state index in [-0.39, 0.29) is 11.4 Å². The van der Waals surface area contributed by atoms with Crippen LogP contribution in [-0.4, -0.2) is 34.1 Å². The molecule has 1 aromatic carbocycles. The summed E-state index contributed by atoms with van der Waals surface area (Å²) >= 11 is 6.06. The van der Waals surface area contributed by atoms with E-state index >= 15 is 0 Å². The molecule has 0 bridgehead atoms. The fraction of sp³-hybridized carbons (Fsp3) is 0.500. The number of carbonyl (C=O) groups excluding carboxylic acids is 1. The lowest BCUT2D eigenvalue weighted by molar-refractivity contribution is 0.00155. The third-order valence-corrected chi connectivity index (χ3v) is 3.89. The minimum absolute atomic E-state index is 0.107. The Morgan fingerprint density at radius 3 is 2.78 bits per heavy atom. The number of aliphatic hydroxyl groups is 1. The number of aliphatic hydroxyl groups excluding tert-OH is 1. The largest absolute Gasteiger partial charge is 0.391 e. The molecular weight excluding hydrogens is 250 g/mol. The summed E-state index contributed by atoms with van der Waals surface area (Å²) in [6, 6.07) is 7.03. The maximum absolute atomic E-state index is 12.5. The van der Waals surface area contributed by atoms with Crippen LogP contribution in [0.15, 0.2) is 24.3 Å². The summed E-state index contributed by atoms with van der Waals surface area (Å²) in [7, 11) is 0. The van der Waals surface area contributed by atoms with E-state index in [4.69, 9.17) is 11.6 Å². The van der Waals surface area contributed by atoms with E-state index in [1.165, 1.54) is 0 Å². The van der Waals surface area contributed by atoms with Gasteiger partial charge in [-0.3, -0.25) is 4.79 Å². The van der Waals surface area contributed by atoms with E-state index in [0.29, 0.717) is 17.1 Å². The first-order chi connectivity index (χ1) is 8.42. The predicted molar refractivity (Wildman–Crippen MR) is 71.8 cm³/mol. The highest BCUT2D eigenvalue weighted by atomic mass is 35.5. The van der Waals surface area contributed by atoms with Crippen molar-refractivity contribution in [3.8, 4) is 0 Å².